The molecule has 2 unspecified atom stereocenters. The Morgan fingerprint density at radius 2 is 2.15 bits per heavy atom. The van der Waals surface area contributed by atoms with Crippen LogP contribution in [-0.2, 0) is 0 Å². The van der Waals surface area contributed by atoms with E-state index in [0.717, 1.165) is 25.6 Å². The van der Waals surface area contributed by atoms with Gasteiger partial charge in [-0.25, -0.2) is 4.39 Å². The molecule has 2 fully saturated rings. The molecule has 0 spiro atoms. The van der Waals surface area contributed by atoms with E-state index in [1.807, 2.05) is 0 Å². The maximum absolute atomic E-state index is 13.2. The summed E-state index contributed by atoms with van der Waals surface area (Å²) in [5.74, 6) is 0. The smallest absolute Gasteiger partial charge is 0.117 e. The second kappa shape index (κ2) is 3.93. The van der Waals surface area contributed by atoms with Crippen molar-refractivity contribution in [1.82, 2.24) is 10.2 Å². The lowest BCUT2D eigenvalue weighted by atomic mass is 10.1. The highest BCUT2D eigenvalue weighted by molar-refractivity contribution is 4.87. The molecule has 13 heavy (non-hydrogen) atoms. The highest BCUT2D eigenvalue weighted by Crippen LogP contribution is 2.26. The molecule has 0 amide bonds. The van der Waals surface area contributed by atoms with Gasteiger partial charge >= 0.3 is 0 Å². The molecule has 2 aliphatic rings. The van der Waals surface area contributed by atoms with E-state index in [0.29, 0.717) is 6.42 Å². The van der Waals surface area contributed by atoms with Crippen LogP contribution in [0.3, 0.4) is 0 Å². The Labute approximate surface area is 79.5 Å². The number of halogens is 1. The van der Waals surface area contributed by atoms with Crippen LogP contribution in [0.4, 0.5) is 4.39 Å². The van der Waals surface area contributed by atoms with Crippen LogP contribution in [-0.4, -0.2) is 43.3 Å². The minimum atomic E-state index is -0.604. The number of nitrogens with zero attached hydrogens (tertiary/aromatic N) is 1. The molecule has 0 bridgehead atoms. The summed E-state index contributed by atoms with van der Waals surface area (Å²) in [6, 6.07) is 0.931. The first-order chi connectivity index (χ1) is 6.27. The molecule has 1 saturated heterocycles. The van der Waals surface area contributed by atoms with Crippen LogP contribution < -0.4 is 5.32 Å². The standard InChI is InChI=1S/C10H19FN2/c1-13(8-2-3-8)7-5-10-9(11)4-6-12-10/h8-10,12H,2-7H2,1H3. The SMILES string of the molecule is CN(CCC1NCCC1F)C1CC1. The monoisotopic (exact) mass is 186 g/mol. The maximum Gasteiger partial charge on any atom is 0.117 e. The Kier molecular flexibility index (Phi) is 2.84. The molecule has 1 saturated carbocycles. The van der Waals surface area contributed by atoms with Crippen molar-refractivity contribution in [2.75, 3.05) is 20.1 Å². The zero-order valence-corrected chi connectivity index (χ0v) is 8.30. The molecular weight excluding hydrogens is 167 g/mol. The minimum absolute atomic E-state index is 0.126. The van der Waals surface area contributed by atoms with Gasteiger partial charge in [0.1, 0.15) is 6.17 Å². The molecule has 2 nitrogen and oxygen atoms in total. The van der Waals surface area contributed by atoms with Crippen molar-refractivity contribution in [3.8, 4) is 0 Å². The van der Waals surface area contributed by atoms with E-state index in [9.17, 15) is 4.39 Å². The fraction of sp³-hybridized carbons (Fsp3) is 1.00. The van der Waals surface area contributed by atoms with E-state index in [2.05, 4.69) is 17.3 Å². The van der Waals surface area contributed by atoms with E-state index in [4.69, 9.17) is 0 Å². The number of nitrogens with one attached hydrogen (secondary N) is 1. The highest BCUT2D eigenvalue weighted by atomic mass is 19.1. The minimum Gasteiger partial charge on any atom is -0.311 e. The van der Waals surface area contributed by atoms with Gasteiger partial charge < -0.3 is 10.2 Å². The second-order valence-electron chi connectivity index (χ2n) is 4.37. The molecule has 1 aliphatic carbocycles. The first-order valence-electron chi connectivity index (χ1n) is 5.35. The Morgan fingerprint density at radius 1 is 1.38 bits per heavy atom. The summed E-state index contributed by atoms with van der Waals surface area (Å²) in [7, 11) is 2.15. The number of alkyl halides is 1. The molecular formula is C10H19FN2. The van der Waals surface area contributed by atoms with Gasteiger partial charge in [-0.3, -0.25) is 0 Å². The molecule has 1 N–H and O–H groups in total. The van der Waals surface area contributed by atoms with Gasteiger partial charge in [0.05, 0.1) is 0 Å². The second-order valence-corrected chi connectivity index (χ2v) is 4.37. The predicted molar refractivity (Wildman–Crippen MR) is 51.6 cm³/mol. The van der Waals surface area contributed by atoms with Gasteiger partial charge in [-0.05, 0) is 45.8 Å². The van der Waals surface area contributed by atoms with E-state index in [-0.39, 0.29) is 6.04 Å². The number of hydrogen-bond donors (Lipinski definition) is 1. The summed E-state index contributed by atoms with van der Waals surface area (Å²) in [4.78, 5) is 2.37. The van der Waals surface area contributed by atoms with Crippen molar-refractivity contribution in [3.63, 3.8) is 0 Å². The lowest BCUT2D eigenvalue weighted by Crippen LogP contribution is -2.33. The van der Waals surface area contributed by atoms with Crippen LogP contribution >= 0.6 is 0 Å². The lowest BCUT2D eigenvalue weighted by Gasteiger charge is -2.19. The third kappa shape index (κ3) is 2.41. The molecule has 3 heteroatoms. The van der Waals surface area contributed by atoms with Crippen LogP contribution in [0.15, 0.2) is 0 Å². The molecule has 76 valence electrons. The molecule has 1 aliphatic heterocycles. The van der Waals surface area contributed by atoms with Gasteiger partial charge in [-0.15, -0.1) is 0 Å². The van der Waals surface area contributed by atoms with Crippen molar-refractivity contribution < 1.29 is 4.39 Å². The fourth-order valence-electron chi connectivity index (χ4n) is 2.06. The van der Waals surface area contributed by atoms with Gasteiger partial charge in [-0.1, -0.05) is 0 Å². The van der Waals surface area contributed by atoms with Gasteiger partial charge in [0.2, 0.25) is 0 Å². The normalized spacial score (nSPS) is 34.4. The summed E-state index contributed by atoms with van der Waals surface area (Å²) in [5, 5.41) is 3.22. The van der Waals surface area contributed by atoms with Crippen molar-refractivity contribution in [2.24, 2.45) is 0 Å². The van der Waals surface area contributed by atoms with Crippen molar-refractivity contribution in [3.05, 3.63) is 0 Å². The average molecular weight is 186 g/mol. The Morgan fingerprint density at radius 3 is 2.69 bits per heavy atom. The third-order valence-corrected chi connectivity index (χ3v) is 3.23. The Bertz CT molecular complexity index is 170. The molecule has 2 rings (SSSR count). The Hall–Kier alpha value is -0.150. The van der Waals surface area contributed by atoms with Gasteiger partial charge in [0, 0.05) is 12.1 Å². The van der Waals surface area contributed by atoms with E-state index >= 15 is 0 Å². The van der Waals surface area contributed by atoms with E-state index in [1.54, 1.807) is 0 Å². The fourth-order valence-corrected chi connectivity index (χ4v) is 2.06. The first kappa shape index (κ1) is 9.41. The zero-order chi connectivity index (χ0) is 9.26. The topological polar surface area (TPSA) is 15.3 Å². The lowest BCUT2D eigenvalue weighted by molar-refractivity contribution is 0.251. The summed E-state index contributed by atoms with van der Waals surface area (Å²) in [6.45, 7) is 1.90. The molecule has 0 aromatic rings. The molecule has 0 radical (unpaired) electrons. The third-order valence-electron chi connectivity index (χ3n) is 3.23. The zero-order valence-electron chi connectivity index (χ0n) is 8.30. The predicted octanol–water partition coefficient (Wildman–Crippen LogP) is 1.17. The first-order valence-corrected chi connectivity index (χ1v) is 5.35. The number of hydrogen-bond acceptors (Lipinski definition) is 2. The quantitative estimate of drug-likeness (QED) is 0.709. The van der Waals surface area contributed by atoms with Crippen molar-refractivity contribution in [1.29, 1.82) is 0 Å². The highest BCUT2D eigenvalue weighted by Gasteiger charge is 2.29. The van der Waals surface area contributed by atoms with Crippen LogP contribution in [0.5, 0.6) is 0 Å². The number of rotatable bonds is 4. The van der Waals surface area contributed by atoms with Crippen LogP contribution in [0.1, 0.15) is 25.7 Å². The summed E-state index contributed by atoms with van der Waals surface area (Å²) >= 11 is 0. The molecule has 0 aromatic carbocycles. The van der Waals surface area contributed by atoms with Crippen LogP contribution in [0, 0.1) is 0 Å². The summed E-state index contributed by atoms with van der Waals surface area (Å²) in [5.41, 5.74) is 0. The maximum atomic E-state index is 13.2. The van der Waals surface area contributed by atoms with Crippen LogP contribution in [0.25, 0.3) is 0 Å². The van der Waals surface area contributed by atoms with Crippen molar-refractivity contribution >= 4 is 0 Å². The van der Waals surface area contributed by atoms with Gasteiger partial charge in [0.25, 0.3) is 0 Å². The van der Waals surface area contributed by atoms with E-state index in [1.165, 1.54) is 12.8 Å². The Balaban J connectivity index is 1.66. The summed E-state index contributed by atoms with van der Waals surface area (Å²) < 4.78 is 13.2. The van der Waals surface area contributed by atoms with Crippen molar-refractivity contribution in [2.45, 2.75) is 43.9 Å². The average Bonchev–Trinajstić information content (AvgIpc) is 2.88. The molecule has 2 atom stereocenters. The van der Waals surface area contributed by atoms with E-state index < -0.39 is 6.17 Å². The van der Waals surface area contributed by atoms with Gasteiger partial charge in [-0.2, -0.15) is 0 Å². The van der Waals surface area contributed by atoms with Crippen LogP contribution in [0.2, 0.25) is 0 Å². The molecule has 1 heterocycles. The van der Waals surface area contributed by atoms with Gasteiger partial charge in [0.15, 0.2) is 0 Å². The summed E-state index contributed by atoms with van der Waals surface area (Å²) in [6.07, 6.45) is 3.75. The molecule has 0 aromatic heterocycles. The largest absolute Gasteiger partial charge is 0.311 e.